The van der Waals surface area contributed by atoms with E-state index in [0.29, 0.717) is 38.8 Å². The lowest BCUT2D eigenvalue weighted by Crippen LogP contribution is -2.41. The Morgan fingerprint density at radius 3 is 1.67 bits per heavy atom. The highest BCUT2D eigenvalue weighted by Gasteiger charge is 2.36. The molecule has 0 saturated heterocycles. The van der Waals surface area contributed by atoms with E-state index in [0.717, 1.165) is 59.5 Å². The number of hydrogen-bond donors (Lipinski definition) is 1. The van der Waals surface area contributed by atoms with Gasteiger partial charge in [-0.3, -0.25) is 0 Å². The molecule has 1 heterocycles. The van der Waals surface area contributed by atoms with Crippen LogP contribution in [0.5, 0.6) is 0 Å². The van der Waals surface area contributed by atoms with Crippen molar-refractivity contribution in [2.45, 2.75) is 78.0 Å². The lowest BCUT2D eigenvalue weighted by Gasteiger charge is -2.33. The molecule has 1 N–H and O–H groups in total. The second kappa shape index (κ2) is 19.7. The topological polar surface area (TPSA) is 62.1 Å². The maximum atomic E-state index is 6.84. The summed E-state index contributed by atoms with van der Waals surface area (Å²) in [5.74, 6) is 1.58. The lowest BCUT2D eigenvalue weighted by molar-refractivity contribution is -0.174. The van der Waals surface area contributed by atoms with Crippen molar-refractivity contribution >= 4 is 0 Å². The summed E-state index contributed by atoms with van der Waals surface area (Å²) in [6, 6.07) is 42.9. The van der Waals surface area contributed by atoms with Crippen LogP contribution in [-0.2, 0) is 51.9 Å². The number of ether oxygens (including phenoxy) is 4. The van der Waals surface area contributed by atoms with Crippen molar-refractivity contribution in [1.82, 2.24) is 5.32 Å². The highest BCUT2D eigenvalue weighted by Crippen LogP contribution is 2.33. The van der Waals surface area contributed by atoms with E-state index in [1.54, 1.807) is 0 Å². The molecule has 0 aliphatic heterocycles. The van der Waals surface area contributed by atoms with Crippen LogP contribution in [0.3, 0.4) is 0 Å². The van der Waals surface area contributed by atoms with Crippen molar-refractivity contribution in [1.29, 1.82) is 0 Å². The van der Waals surface area contributed by atoms with Gasteiger partial charge in [-0.25, -0.2) is 0 Å². The van der Waals surface area contributed by atoms with Gasteiger partial charge >= 0.3 is 0 Å². The standard InChI is InChI=1S/C42H49NO5/c1-3-4-25-43-27-38-26-39(48-33(38)2)41(46-30-36-21-13-7-14-22-36)42(47-31-37-23-15-8-16-24-37)40(45-29-35-19-11-6-12-20-35)32-44-28-34-17-9-5-10-18-34/h5-24,26,40-43H,3-4,25,27-32H2,1-2H3/t40-,41-,42-/m1/s1. The summed E-state index contributed by atoms with van der Waals surface area (Å²) in [6.45, 7) is 7.83. The molecule has 1 aromatic heterocycles. The number of hydrogen-bond acceptors (Lipinski definition) is 6. The molecule has 0 saturated carbocycles. The summed E-state index contributed by atoms with van der Waals surface area (Å²) in [7, 11) is 0. The van der Waals surface area contributed by atoms with Crippen LogP contribution in [0.4, 0.5) is 0 Å². The molecular weight excluding hydrogens is 598 g/mol. The molecule has 6 nitrogen and oxygen atoms in total. The van der Waals surface area contributed by atoms with Gasteiger partial charge in [0.1, 0.15) is 29.8 Å². The zero-order valence-electron chi connectivity index (χ0n) is 28.3. The Morgan fingerprint density at radius 1 is 0.625 bits per heavy atom. The summed E-state index contributed by atoms with van der Waals surface area (Å²) in [6.07, 6.45) is 0.675. The third-order valence-corrected chi connectivity index (χ3v) is 8.27. The van der Waals surface area contributed by atoms with Crippen LogP contribution in [0, 0.1) is 6.92 Å². The van der Waals surface area contributed by atoms with Gasteiger partial charge in [0, 0.05) is 12.1 Å². The Bertz CT molecular complexity index is 1560. The van der Waals surface area contributed by atoms with Crippen LogP contribution in [-0.4, -0.2) is 25.4 Å². The van der Waals surface area contributed by atoms with E-state index in [2.05, 4.69) is 66.8 Å². The first-order chi connectivity index (χ1) is 23.7. The zero-order chi connectivity index (χ0) is 33.2. The normalized spacial score (nSPS) is 13.3. The fourth-order valence-corrected chi connectivity index (χ4v) is 5.52. The first-order valence-corrected chi connectivity index (χ1v) is 17.1. The van der Waals surface area contributed by atoms with Crippen molar-refractivity contribution in [2.75, 3.05) is 13.2 Å². The predicted octanol–water partition coefficient (Wildman–Crippen LogP) is 9.12. The van der Waals surface area contributed by atoms with Gasteiger partial charge in [-0.05, 0) is 48.2 Å². The third kappa shape index (κ3) is 11.3. The van der Waals surface area contributed by atoms with Gasteiger partial charge in [-0.1, -0.05) is 135 Å². The Kier molecular flexibility index (Phi) is 14.5. The zero-order valence-corrected chi connectivity index (χ0v) is 28.3. The van der Waals surface area contributed by atoms with E-state index in [-0.39, 0.29) is 0 Å². The van der Waals surface area contributed by atoms with Gasteiger partial charge in [0.2, 0.25) is 0 Å². The minimum absolute atomic E-state index is 0.303. The summed E-state index contributed by atoms with van der Waals surface area (Å²) >= 11 is 0. The van der Waals surface area contributed by atoms with Crippen molar-refractivity contribution in [3.05, 3.63) is 167 Å². The van der Waals surface area contributed by atoms with Gasteiger partial charge in [0.25, 0.3) is 0 Å². The minimum atomic E-state index is -0.571. The quantitative estimate of drug-likeness (QED) is 0.0802. The molecule has 0 aliphatic rings. The van der Waals surface area contributed by atoms with Gasteiger partial charge in [-0.15, -0.1) is 0 Å². The van der Waals surface area contributed by atoms with Crippen molar-refractivity contribution in [2.24, 2.45) is 0 Å². The fraction of sp³-hybridized carbons (Fsp3) is 0.333. The molecule has 3 atom stereocenters. The number of benzene rings is 4. The Morgan fingerprint density at radius 2 is 1.12 bits per heavy atom. The van der Waals surface area contributed by atoms with Crippen molar-refractivity contribution < 1.29 is 23.4 Å². The summed E-state index contributed by atoms with van der Waals surface area (Å²) in [5.41, 5.74) is 5.41. The molecule has 4 aromatic carbocycles. The van der Waals surface area contributed by atoms with Crippen LogP contribution in [0.25, 0.3) is 0 Å². The number of furan rings is 1. The predicted molar refractivity (Wildman–Crippen MR) is 190 cm³/mol. The highest BCUT2D eigenvalue weighted by molar-refractivity contribution is 5.24. The molecule has 0 radical (unpaired) electrons. The molecule has 5 aromatic rings. The monoisotopic (exact) mass is 647 g/mol. The maximum Gasteiger partial charge on any atom is 0.144 e. The van der Waals surface area contributed by atoms with Gasteiger partial charge in [-0.2, -0.15) is 0 Å². The van der Waals surface area contributed by atoms with Crippen LogP contribution < -0.4 is 5.32 Å². The average Bonchev–Trinajstić information content (AvgIpc) is 3.51. The van der Waals surface area contributed by atoms with Gasteiger partial charge in [0.15, 0.2) is 0 Å². The number of aryl methyl sites for hydroxylation is 1. The fourth-order valence-electron chi connectivity index (χ4n) is 5.52. The van der Waals surface area contributed by atoms with Crippen molar-refractivity contribution in [3.63, 3.8) is 0 Å². The minimum Gasteiger partial charge on any atom is -0.463 e. The number of nitrogens with one attached hydrogen (secondary N) is 1. The van der Waals surface area contributed by atoms with Crippen LogP contribution in [0.2, 0.25) is 0 Å². The molecule has 252 valence electrons. The summed E-state index contributed by atoms with van der Waals surface area (Å²) in [5, 5.41) is 3.56. The second-order valence-corrected chi connectivity index (χ2v) is 12.1. The van der Waals surface area contributed by atoms with E-state index >= 15 is 0 Å². The van der Waals surface area contributed by atoms with E-state index < -0.39 is 18.3 Å². The molecule has 0 bridgehead atoms. The second-order valence-electron chi connectivity index (χ2n) is 12.1. The third-order valence-electron chi connectivity index (χ3n) is 8.27. The molecule has 5 rings (SSSR count). The molecule has 0 spiro atoms. The van der Waals surface area contributed by atoms with Crippen molar-refractivity contribution in [3.8, 4) is 0 Å². The maximum absolute atomic E-state index is 6.84. The van der Waals surface area contributed by atoms with E-state index in [1.165, 1.54) is 0 Å². The molecule has 0 amide bonds. The van der Waals surface area contributed by atoms with Crippen LogP contribution in [0.15, 0.2) is 132 Å². The molecule has 6 heteroatoms. The van der Waals surface area contributed by atoms with Gasteiger partial charge in [0.05, 0.1) is 33.0 Å². The summed E-state index contributed by atoms with van der Waals surface area (Å²) < 4.78 is 33.2. The lowest BCUT2D eigenvalue weighted by atomic mass is 10.0. The first-order valence-electron chi connectivity index (χ1n) is 17.1. The van der Waals surface area contributed by atoms with E-state index in [1.807, 2.05) is 79.7 Å². The molecular formula is C42H49NO5. The molecule has 0 unspecified atom stereocenters. The number of unbranched alkanes of at least 4 members (excludes halogenated alkanes) is 1. The molecule has 0 aliphatic carbocycles. The Labute approximate surface area is 286 Å². The number of rotatable bonds is 21. The smallest absolute Gasteiger partial charge is 0.144 e. The molecule has 48 heavy (non-hydrogen) atoms. The Hall–Kier alpha value is -4.04. The van der Waals surface area contributed by atoms with E-state index in [4.69, 9.17) is 23.4 Å². The van der Waals surface area contributed by atoms with Crippen LogP contribution >= 0.6 is 0 Å². The SMILES string of the molecule is CCCCNCc1cc([C@@H](OCc2ccccc2)[C@H](OCc2ccccc2)[C@@H](COCc2ccccc2)OCc2ccccc2)oc1C. The van der Waals surface area contributed by atoms with Gasteiger partial charge < -0.3 is 28.7 Å². The summed E-state index contributed by atoms with van der Waals surface area (Å²) in [4.78, 5) is 0. The largest absolute Gasteiger partial charge is 0.463 e. The molecule has 0 fully saturated rings. The average molecular weight is 648 g/mol. The first kappa shape index (κ1) is 35.3. The Balaban J connectivity index is 1.47. The highest BCUT2D eigenvalue weighted by atomic mass is 16.6. The van der Waals surface area contributed by atoms with Crippen LogP contribution in [0.1, 0.15) is 65.2 Å². The van der Waals surface area contributed by atoms with E-state index in [9.17, 15) is 0 Å².